The van der Waals surface area contributed by atoms with Crippen molar-refractivity contribution >= 4 is 17.1 Å². The Morgan fingerprint density at radius 3 is 3.17 bits per heavy atom. The van der Waals surface area contributed by atoms with Crippen LogP contribution in [0, 0.1) is 5.92 Å². The van der Waals surface area contributed by atoms with Gasteiger partial charge in [0.2, 0.25) is 0 Å². The minimum atomic E-state index is -0.750. The van der Waals surface area contributed by atoms with E-state index in [9.17, 15) is 4.79 Å². The molecule has 5 heteroatoms. The van der Waals surface area contributed by atoms with Crippen LogP contribution in [0.5, 0.6) is 0 Å². The lowest BCUT2D eigenvalue weighted by molar-refractivity contribution is -0.141. The first kappa shape index (κ1) is 12.6. The maximum absolute atomic E-state index is 10.6. The third-order valence-corrected chi connectivity index (χ3v) is 2.90. The summed E-state index contributed by atoms with van der Waals surface area (Å²) in [6.45, 7) is 3.09. The molecular weight excluding hydrogens is 232 g/mol. The first-order valence-corrected chi connectivity index (χ1v) is 5.92. The van der Waals surface area contributed by atoms with Gasteiger partial charge in [0.05, 0.1) is 5.92 Å². The Morgan fingerprint density at radius 2 is 2.39 bits per heavy atom. The van der Waals surface area contributed by atoms with Crippen LogP contribution in [0.1, 0.15) is 18.9 Å². The first-order valence-electron chi connectivity index (χ1n) is 5.92. The molecule has 0 saturated heterocycles. The summed E-state index contributed by atoms with van der Waals surface area (Å²) in [4.78, 5) is 14.7. The van der Waals surface area contributed by atoms with E-state index in [1.807, 2.05) is 18.2 Å². The number of aromatic nitrogens is 1. The van der Waals surface area contributed by atoms with Gasteiger partial charge in [-0.2, -0.15) is 0 Å². The summed E-state index contributed by atoms with van der Waals surface area (Å²) in [5.74, 6) is -1.06. The number of carbonyl (C=O) groups is 1. The molecular formula is C13H16N2O3. The predicted octanol–water partition coefficient (Wildman–Crippen LogP) is 2.03. The Hall–Kier alpha value is -1.88. The minimum absolute atomic E-state index is 0.311. The van der Waals surface area contributed by atoms with E-state index < -0.39 is 5.97 Å². The molecule has 0 radical (unpaired) electrons. The van der Waals surface area contributed by atoms with Crippen molar-refractivity contribution in [2.24, 2.45) is 5.92 Å². The van der Waals surface area contributed by atoms with Gasteiger partial charge in [-0.25, -0.2) is 4.98 Å². The SMILES string of the molecule is CC(CCNCc1ccc2ncoc2c1)C(=O)O. The third-order valence-electron chi connectivity index (χ3n) is 2.90. The number of nitrogens with one attached hydrogen (secondary N) is 1. The molecule has 0 amide bonds. The number of aliphatic carboxylic acids is 1. The second-order valence-electron chi connectivity index (χ2n) is 4.36. The van der Waals surface area contributed by atoms with Gasteiger partial charge in [0.25, 0.3) is 0 Å². The Balaban J connectivity index is 1.81. The lowest BCUT2D eigenvalue weighted by Crippen LogP contribution is -2.20. The maximum atomic E-state index is 10.6. The lowest BCUT2D eigenvalue weighted by Gasteiger charge is -2.07. The van der Waals surface area contributed by atoms with Crippen molar-refractivity contribution in [1.29, 1.82) is 0 Å². The van der Waals surface area contributed by atoms with Crippen LogP contribution in [0.3, 0.4) is 0 Å². The highest BCUT2D eigenvalue weighted by Gasteiger charge is 2.09. The summed E-state index contributed by atoms with van der Waals surface area (Å²) in [5, 5.41) is 12.0. The topological polar surface area (TPSA) is 75.4 Å². The van der Waals surface area contributed by atoms with Crippen molar-refractivity contribution in [3.63, 3.8) is 0 Å². The number of nitrogens with zero attached hydrogens (tertiary/aromatic N) is 1. The monoisotopic (exact) mass is 248 g/mol. The van der Waals surface area contributed by atoms with Crippen LogP contribution in [0.15, 0.2) is 29.0 Å². The molecule has 0 saturated carbocycles. The van der Waals surface area contributed by atoms with Gasteiger partial charge in [-0.3, -0.25) is 4.79 Å². The molecule has 5 nitrogen and oxygen atoms in total. The predicted molar refractivity (Wildman–Crippen MR) is 67.1 cm³/mol. The molecule has 18 heavy (non-hydrogen) atoms. The van der Waals surface area contributed by atoms with Crippen LogP contribution in [-0.4, -0.2) is 22.6 Å². The molecule has 2 N–H and O–H groups in total. The Labute approximate surface area is 105 Å². The fraction of sp³-hybridized carbons (Fsp3) is 0.385. The zero-order valence-corrected chi connectivity index (χ0v) is 10.2. The van der Waals surface area contributed by atoms with Gasteiger partial charge in [-0.15, -0.1) is 0 Å². The molecule has 96 valence electrons. The van der Waals surface area contributed by atoms with Gasteiger partial charge in [0, 0.05) is 6.54 Å². The van der Waals surface area contributed by atoms with Gasteiger partial charge < -0.3 is 14.8 Å². The number of carboxylic acid groups (broad SMARTS) is 1. The quantitative estimate of drug-likeness (QED) is 0.765. The van der Waals surface area contributed by atoms with Gasteiger partial charge in [-0.05, 0) is 30.7 Å². The molecule has 0 aliphatic heterocycles. The minimum Gasteiger partial charge on any atom is -0.481 e. The van der Waals surface area contributed by atoms with Crippen LogP contribution in [0.25, 0.3) is 11.1 Å². The van der Waals surface area contributed by atoms with Gasteiger partial charge >= 0.3 is 5.97 Å². The number of carboxylic acids is 1. The Morgan fingerprint density at radius 1 is 1.56 bits per heavy atom. The summed E-state index contributed by atoms with van der Waals surface area (Å²) in [6, 6.07) is 5.84. The van der Waals surface area contributed by atoms with E-state index in [1.54, 1.807) is 6.92 Å². The molecule has 1 aromatic carbocycles. The van der Waals surface area contributed by atoms with Crippen molar-refractivity contribution in [3.8, 4) is 0 Å². The van der Waals surface area contributed by atoms with E-state index in [2.05, 4.69) is 10.3 Å². The molecule has 0 fully saturated rings. The van der Waals surface area contributed by atoms with E-state index >= 15 is 0 Å². The Kier molecular flexibility index (Phi) is 3.94. The molecule has 0 bridgehead atoms. The normalized spacial score (nSPS) is 12.7. The smallest absolute Gasteiger partial charge is 0.306 e. The van der Waals surface area contributed by atoms with Gasteiger partial charge in [0.15, 0.2) is 12.0 Å². The lowest BCUT2D eigenvalue weighted by atomic mass is 10.1. The molecule has 1 atom stereocenters. The van der Waals surface area contributed by atoms with Crippen LogP contribution in [-0.2, 0) is 11.3 Å². The highest BCUT2D eigenvalue weighted by atomic mass is 16.4. The van der Waals surface area contributed by atoms with E-state index in [-0.39, 0.29) is 5.92 Å². The van der Waals surface area contributed by atoms with Gasteiger partial charge in [0.1, 0.15) is 5.52 Å². The summed E-state index contributed by atoms with van der Waals surface area (Å²) in [7, 11) is 0. The van der Waals surface area contributed by atoms with Crippen LogP contribution in [0.2, 0.25) is 0 Å². The average molecular weight is 248 g/mol. The fourth-order valence-corrected chi connectivity index (χ4v) is 1.68. The second-order valence-corrected chi connectivity index (χ2v) is 4.36. The first-order chi connectivity index (χ1) is 8.66. The van der Waals surface area contributed by atoms with Crippen LogP contribution < -0.4 is 5.32 Å². The van der Waals surface area contributed by atoms with Gasteiger partial charge in [-0.1, -0.05) is 13.0 Å². The highest BCUT2D eigenvalue weighted by molar-refractivity contribution is 5.72. The summed E-state index contributed by atoms with van der Waals surface area (Å²) >= 11 is 0. The number of oxazole rings is 1. The Bertz CT molecular complexity index is 536. The summed E-state index contributed by atoms with van der Waals surface area (Å²) < 4.78 is 5.22. The molecule has 1 aromatic heterocycles. The number of benzene rings is 1. The molecule has 0 spiro atoms. The average Bonchev–Trinajstić information content (AvgIpc) is 2.81. The molecule has 1 unspecified atom stereocenters. The fourth-order valence-electron chi connectivity index (χ4n) is 1.68. The van der Waals surface area contributed by atoms with Crippen molar-refractivity contribution in [2.45, 2.75) is 19.9 Å². The molecule has 2 aromatic rings. The van der Waals surface area contributed by atoms with E-state index in [0.29, 0.717) is 19.5 Å². The summed E-state index contributed by atoms with van der Waals surface area (Å²) in [6.07, 6.45) is 2.05. The molecule has 0 aliphatic rings. The zero-order chi connectivity index (χ0) is 13.0. The van der Waals surface area contributed by atoms with Crippen molar-refractivity contribution in [2.75, 3.05) is 6.54 Å². The number of fused-ring (bicyclic) bond motifs is 1. The second kappa shape index (κ2) is 5.64. The standard InChI is InChI=1S/C13H16N2O3/c1-9(13(16)17)4-5-14-7-10-2-3-11-12(6-10)18-8-15-11/h2-3,6,8-9,14H,4-5,7H2,1H3,(H,16,17). The van der Waals surface area contributed by atoms with Crippen LogP contribution >= 0.6 is 0 Å². The third kappa shape index (κ3) is 3.07. The van der Waals surface area contributed by atoms with Crippen molar-refractivity contribution < 1.29 is 14.3 Å². The van der Waals surface area contributed by atoms with E-state index in [0.717, 1.165) is 16.7 Å². The molecule has 2 rings (SSSR count). The largest absolute Gasteiger partial charge is 0.481 e. The molecule has 1 heterocycles. The number of hydrogen-bond donors (Lipinski definition) is 2. The van der Waals surface area contributed by atoms with E-state index in [4.69, 9.17) is 9.52 Å². The maximum Gasteiger partial charge on any atom is 0.306 e. The number of rotatable bonds is 6. The van der Waals surface area contributed by atoms with Crippen molar-refractivity contribution in [1.82, 2.24) is 10.3 Å². The zero-order valence-electron chi connectivity index (χ0n) is 10.2. The molecule has 0 aliphatic carbocycles. The summed E-state index contributed by atoms with van der Waals surface area (Å²) in [5.41, 5.74) is 2.72. The number of hydrogen-bond acceptors (Lipinski definition) is 4. The van der Waals surface area contributed by atoms with E-state index in [1.165, 1.54) is 6.39 Å². The highest BCUT2D eigenvalue weighted by Crippen LogP contribution is 2.14. The van der Waals surface area contributed by atoms with Crippen molar-refractivity contribution in [3.05, 3.63) is 30.2 Å². The van der Waals surface area contributed by atoms with Crippen LogP contribution in [0.4, 0.5) is 0 Å².